The molecular weight excluding hydrogens is 497 g/mol. The smallest absolute Gasteiger partial charge is 0.325 e. The minimum absolute atomic E-state index is 0.0708. The third-order valence-electron chi connectivity index (χ3n) is 7.28. The molecule has 0 radical (unpaired) electrons. The molecule has 1 heterocycles. The number of amides is 1. The number of hydrogen-bond acceptors (Lipinski definition) is 6. The number of anilines is 1. The van der Waals surface area contributed by atoms with Crippen molar-refractivity contribution >= 4 is 27.6 Å². The molecule has 37 heavy (non-hydrogen) atoms. The minimum Gasteiger partial charge on any atom is -0.468 e. The fourth-order valence-electron chi connectivity index (χ4n) is 5.11. The maximum absolute atomic E-state index is 13.2. The van der Waals surface area contributed by atoms with Crippen LogP contribution >= 0.6 is 0 Å². The van der Waals surface area contributed by atoms with E-state index in [1.54, 1.807) is 24.3 Å². The lowest BCUT2D eigenvalue weighted by molar-refractivity contribution is -0.139. The zero-order valence-electron chi connectivity index (χ0n) is 21.2. The van der Waals surface area contributed by atoms with Crippen molar-refractivity contribution in [2.45, 2.75) is 62.4 Å². The largest absolute Gasteiger partial charge is 0.468 e. The van der Waals surface area contributed by atoms with Gasteiger partial charge in [0.15, 0.2) is 0 Å². The van der Waals surface area contributed by atoms with Crippen molar-refractivity contribution in [1.29, 1.82) is 0 Å². The lowest BCUT2D eigenvalue weighted by atomic mass is 9.85. The number of nitrogens with zero attached hydrogens (tertiary/aromatic N) is 1. The average molecular weight is 532 g/mol. The number of aryl methyl sites for hydroxylation is 1. The summed E-state index contributed by atoms with van der Waals surface area (Å²) < 4.78 is 47.1. The number of fused-ring (bicyclic) bond motifs is 1. The predicted octanol–water partition coefficient (Wildman–Crippen LogP) is 3.47. The normalized spacial score (nSPS) is 20.6. The van der Waals surface area contributed by atoms with Crippen LogP contribution in [0.25, 0.3) is 0 Å². The number of nitrogens with one attached hydrogen (secondary N) is 2. The molecule has 2 aromatic rings. The predicted molar refractivity (Wildman–Crippen MR) is 138 cm³/mol. The van der Waals surface area contributed by atoms with Gasteiger partial charge in [-0.25, -0.2) is 17.5 Å². The highest BCUT2D eigenvalue weighted by molar-refractivity contribution is 7.89. The Morgan fingerprint density at radius 3 is 2.49 bits per heavy atom. The molecule has 8 nitrogen and oxygen atoms in total. The van der Waals surface area contributed by atoms with Gasteiger partial charge >= 0.3 is 5.97 Å². The molecule has 10 heteroatoms. The summed E-state index contributed by atoms with van der Waals surface area (Å²) in [5, 5.41) is 2.99. The molecule has 0 bridgehead atoms. The highest BCUT2D eigenvalue weighted by Crippen LogP contribution is 2.31. The number of sulfonamides is 1. The van der Waals surface area contributed by atoms with Gasteiger partial charge in [-0.15, -0.1) is 0 Å². The topological polar surface area (TPSA) is 105 Å². The number of methoxy groups -OCH3 is 1. The van der Waals surface area contributed by atoms with Gasteiger partial charge in [0, 0.05) is 24.2 Å². The Labute approximate surface area is 217 Å². The first kappa shape index (κ1) is 27.1. The summed E-state index contributed by atoms with van der Waals surface area (Å²) in [5.74, 6) is -0.957. The standard InChI is InChI=1S/C27H34FN3O5S/c1-18(19-5-10-22(28)11-6-19)29-27(33)21-7-12-23(13-8-21)30-37(34,35)24-14-9-20-4-3-15-31(25(20)16-24)17-26(32)36-2/h5-6,9-11,14,16,18,21,23,30H,3-4,7-8,12-13,15,17H2,1-2H3,(H,29,33)/t18-,21-,23-/m1/s1. The van der Waals surface area contributed by atoms with E-state index in [1.807, 2.05) is 17.9 Å². The van der Waals surface area contributed by atoms with Crippen LogP contribution < -0.4 is 14.9 Å². The van der Waals surface area contributed by atoms with Gasteiger partial charge < -0.3 is 15.0 Å². The Kier molecular flexibility index (Phi) is 8.49. The van der Waals surface area contributed by atoms with Gasteiger partial charge in [0.1, 0.15) is 12.4 Å². The molecule has 2 aromatic carbocycles. The molecule has 1 aliphatic heterocycles. The zero-order chi connectivity index (χ0) is 26.6. The van der Waals surface area contributed by atoms with Gasteiger partial charge in [0.05, 0.1) is 18.0 Å². The quantitative estimate of drug-likeness (QED) is 0.506. The molecule has 0 saturated heterocycles. The molecule has 2 N–H and O–H groups in total. The molecule has 200 valence electrons. The molecule has 1 amide bonds. The third-order valence-corrected chi connectivity index (χ3v) is 8.80. The summed E-state index contributed by atoms with van der Waals surface area (Å²) in [6.07, 6.45) is 3.97. The second-order valence-electron chi connectivity index (χ2n) is 9.84. The Bertz CT molecular complexity index is 1230. The zero-order valence-corrected chi connectivity index (χ0v) is 22.0. The molecule has 0 spiro atoms. The van der Waals surface area contributed by atoms with Crippen LogP contribution in [0, 0.1) is 11.7 Å². The first-order chi connectivity index (χ1) is 17.7. The monoisotopic (exact) mass is 531 g/mol. The second kappa shape index (κ2) is 11.6. The summed E-state index contributed by atoms with van der Waals surface area (Å²) >= 11 is 0. The van der Waals surface area contributed by atoms with E-state index in [9.17, 15) is 22.4 Å². The van der Waals surface area contributed by atoms with E-state index in [1.165, 1.54) is 19.2 Å². The summed E-state index contributed by atoms with van der Waals surface area (Å²) in [6, 6.07) is 10.6. The van der Waals surface area contributed by atoms with Crippen molar-refractivity contribution in [1.82, 2.24) is 10.0 Å². The lowest BCUT2D eigenvalue weighted by Crippen LogP contribution is -2.41. The fourth-order valence-corrected chi connectivity index (χ4v) is 6.43. The van der Waals surface area contributed by atoms with E-state index >= 15 is 0 Å². The number of rotatable bonds is 8. The number of halogens is 1. The summed E-state index contributed by atoms with van der Waals surface area (Å²) in [4.78, 5) is 26.6. The third kappa shape index (κ3) is 6.67. The molecule has 4 rings (SSSR count). The van der Waals surface area contributed by atoms with Crippen molar-refractivity contribution in [2.75, 3.05) is 25.1 Å². The van der Waals surface area contributed by atoms with Crippen LogP contribution in [0.4, 0.5) is 10.1 Å². The summed E-state index contributed by atoms with van der Waals surface area (Å²) in [6.45, 7) is 2.59. The summed E-state index contributed by atoms with van der Waals surface area (Å²) in [5.41, 5.74) is 2.58. The van der Waals surface area contributed by atoms with Crippen molar-refractivity contribution in [3.8, 4) is 0 Å². The minimum atomic E-state index is -3.77. The molecule has 2 aliphatic rings. The van der Waals surface area contributed by atoms with E-state index < -0.39 is 10.0 Å². The van der Waals surface area contributed by atoms with E-state index in [4.69, 9.17) is 4.74 Å². The maximum Gasteiger partial charge on any atom is 0.325 e. The number of esters is 1. The average Bonchev–Trinajstić information content (AvgIpc) is 2.89. The fraction of sp³-hybridized carbons (Fsp3) is 0.481. The van der Waals surface area contributed by atoms with Gasteiger partial charge in [-0.1, -0.05) is 18.2 Å². The van der Waals surface area contributed by atoms with E-state index in [2.05, 4.69) is 10.0 Å². The SMILES string of the molecule is COC(=O)CN1CCCc2ccc(S(=O)(=O)N[C@H]3CC[C@H](C(=O)N[C@H](C)c4ccc(F)cc4)CC3)cc21. The van der Waals surface area contributed by atoms with Gasteiger partial charge in [-0.05, 0) is 80.8 Å². The van der Waals surface area contributed by atoms with E-state index in [-0.39, 0.29) is 47.1 Å². The molecule has 1 fully saturated rings. The van der Waals surface area contributed by atoms with Gasteiger partial charge in [0.2, 0.25) is 15.9 Å². The van der Waals surface area contributed by atoms with Crippen molar-refractivity contribution in [3.05, 3.63) is 59.4 Å². The van der Waals surface area contributed by atoms with Crippen LogP contribution in [0.5, 0.6) is 0 Å². The highest BCUT2D eigenvalue weighted by atomic mass is 32.2. The van der Waals surface area contributed by atoms with Gasteiger partial charge in [-0.3, -0.25) is 9.59 Å². The van der Waals surface area contributed by atoms with Crippen LogP contribution in [-0.2, 0) is 30.8 Å². The van der Waals surface area contributed by atoms with Crippen LogP contribution in [0.1, 0.15) is 56.2 Å². The van der Waals surface area contributed by atoms with Crippen molar-refractivity contribution in [2.24, 2.45) is 5.92 Å². The number of carbonyl (C=O) groups excluding carboxylic acids is 2. The first-order valence-corrected chi connectivity index (χ1v) is 14.2. The molecule has 0 aromatic heterocycles. The number of ether oxygens (including phenoxy) is 1. The molecule has 1 aliphatic carbocycles. The number of hydrogen-bond donors (Lipinski definition) is 2. The maximum atomic E-state index is 13.2. The van der Waals surface area contributed by atoms with Crippen LogP contribution in [0.3, 0.4) is 0 Å². The Morgan fingerprint density at radius 2 is 1.81 bits per heavy atom. The van der Waals surface area contributed by atoms with Crippen LogP contribution in [0.15, 0.2) is 47.4 Å². The Hall–Kier alpha value is -2.98. The van der Waals surface area contributed by atoms with Crippen molar-refractivity contribution in [3.63, 3.8) is 0 Å². The second-order valence-corrected chi connectivity index (χ2v) is 11.6. The van der Waals surface area contributed by atoms with E-state index in [0.29, 0.717) is 32.2 Å². The first-order valence-electron chi connectivity index (χ1n) is 12.7. The van der Waals surface area contributed by atoms with Crippen LogP contribution in [-0.4, -0.2) is 46.5 Å². The molecular formula is C27H34FN3O5S. The number of carbonyl (C=O) groups is 2. The Morgan fingerprint density at radius 1 is 1.11 bits per heavy atom. The van der Waals surface area contributed by atoms with Crippen LogP contribution in [0.2, 0.25) is 0 Å². The highest BCUT2D eigenvalue weighted by Gasteiger charge is 2.30. The van der Waals surface area contributed by atoms with Gasteiger partial charge in [-0.2, -0.15) is 0 Å². The molecule has 1 saturated carbocycles. The van der Waals surface area contributed by atoms with Gasteiger partial charge in [0.25, 0.3) is 0 Å². The number of benzene rings is 2. The molecule has 1 atom stereocenters. The molecule has 0 unspecified atom stereocenters. The lowest BCUT2D eigenvalue weighted by Gasteiger charge is -2.31. The Balaban J connectivity index is 1.34. The summed E-state index contributed by atoms with van der Waals surface area (Å²) in [7, 11) is -2.44. The van der Waals surface area contributed by atoms with E-state index in [0.717, 1.165) is 29.7 Å². The van der Waals surface area contributed by atoms with Crippen molar-refractivity contribution < 1.29 is 27.1 Å².